The average molecular weight is 687 g/mol. The molecule has 1 amide bonds. The first kappa shape index (κ1) is 32.1. The smallest absolute Gasteiger partial charge is 0.271 e. The molecule has 0 fully saturated rings. The number of nitrogens with zero attached hydrogens (tertiary/aromatic N) is 2. The Balaban J connectivity index is 1.38. The minimum absolute atomic E-state index is 0.259. The number of fused-ring (bicyclic) bond motifs is 1. The predicted molar refractivity (Wildman–Crippen MR) is 186 cm³/mol. The largest absolute Gasteiger partial charge is 0.497 e. The van der Waals surface area contributed by atoms with E-state index in [1.807, 2.05) is 54.6 Å². The number of hydrogen-bond acceptors (Lipinski definition) is 7. The highest BCUT2D eigenvalue weighted by molar-refractivity contribution is 7.07. The maximum absolute atomic E-state index is 14.1. The van der Waals surface area contributed by atoms with E-state index in [-0.39, 0.29) is 18.1 Å². The number of anilines is 1. The van der Waals surface area contributed by atoms with Crippen LogP contribution in [-0.4, -0.2) is 24.7 Å². The van der Waals surface area contributed by atoms with Crippen molar-refractivity contribution >= 4 is 52.2 Å². The summed E-state index contributed by atoms with van der Waals surface area (Å²) in [6.45, 7) is 2.04. The third-order valence-electron chi connectivity index (χ3n) is 7.57. The molecule has 1 aliphatic rings. The number of rotatable bonds is 9. The Morgan fingerprint density at radius 1 is 0.936 bits per heavy atom. The van der Waals surface area contributed by atoms with E-state index < -0.39 is 6.04 Å². The van der Waals surface area contributed by atoms with Gasteiger partial charge in [-0.05, 0) is 78.2 Å². The second kappa shape index (κ2) is 13.9. The molecule has 8 nitrogen and oxygen atoms in total. The summed E-state index contributed by atoms with van der Waals surface area (Å²) in [6, 6.07) is 26.5. The van der Waals surface area contributed by atoms with Gasteiger partial charge in [-0.25, -0.2) is 4.99 Å². The van der Waals surface area contributed by atoms with E-state index >= 15 is 0 Å². The molecular weight excluding hydrogens is 657 g/mol. The Morgan fingerprint density at radius 2 is 1.74 bits per heavy atom. The average Bonchev–Trinajstić information content (AvgIpc) is 3.38. The lowest BCUT2D eigenvalue weighted by Gasteiger charge is -2.25. The van der Waals surface area contributed by atoms with E-state index in [0.717, 1.165) is 16.7 Å². The van der Waals surface area contributed by atoms with Crippen molar-refractivity contribution < 1.29 is 19.0 Å². The van der Waals surface area contributed by atoms with Crippen LogP contribution in [0.1, 0.15) is 29.7 Å². The number of benzene rings is 4. The minimum atomic E-state index is -0.737. The van der Waals surface area contributed by atoms with Crippen LogP contribution < -0.4 is 34.4 Å². The molecule has 1 N–H and O–H groups in total. The molecule has 0 saturated heterocycles. The van der Waals surface area contributed by atoms with Gasteiger partial charge in [-0.15, -0.1) is 0 Å². The first-order valence-corrected chi connectivity index (χ1v) is 16.1. The summed E-state index contributed by atoms with van der Waals surface area (Å²) >= 11 is 13.4. The maximum Gasteiger partial charge on any atom is 0.271 e. The summed E-state index contributed by atoms with van der Waals surface area (Å²) in [5.74, 6) is 1.29. The second-order valence-corrected chi connectivity index (χ2v) is 12.4. The Labute approximate surface area is 284 Å². The fraction of sp³-hybridized carbons (Fsp3) is 0.139. The van der Waals surface area contributed by atoms with Gasteiger partial charge in [-0.2, -0.15) is 0 Å². The number of amides is 1. The van der Waals surface area contributed by atoms with E-state index in [1.165, 1.54) is 11.3 Å². The Kier molecular flexibility index (Phi) is 9.49. The Hall–Kier alpha value is -4.83. The van der Waals surface area contributed by atoms with Crippen molar-refractivity contribution in [3.63, 3.8) is 0 Å². The standard InChI is InChI=1S/C36H29Cl2N3O5S/c1-21-32(34(42)40-25-9-5-4-6-10-25)33(24-8-7-11-26(19-24)44-2)41-35(43)31(47-36(41)39-21)18-22-13-15-29(30(17-22)45-3)46-20-23-12-14-27(37)28(38)16-23/h4-19,33H,20H2,1-3H3,(H,40,42)/b31-18-/t33-/m0/s1. The molecule has 1 aliphatic heterocycles. The molecule has 0 bridgehead atoms. The molecule has 4 aromatic carbocycles. The Morgan fingerprint density at radius 3 is 2.49 bits per heavy atom. The first-order valence-electron chi connectivity index (χ1n) is 14.5. The van der Waals surface area contributed by atoms with E-state index in [4.69, 9.17) is 42.4 Å². The zero-order valence-corrected chi connectivity index (χ0v) is 28.0. The first-order chi connectivity index (χ1) is 22.7. The molecule has 2 heterocycles. The van der Waals surface area contributed by atoms with Crippen molar-refractivity contribution in [3.8, 4) is 17.2 Å². The zero-order valence-electron chi connectivity index (χ0n) is 25.6. The molecule has 11 heteroatoms. The molecule has 1 atom stereocenters. The van der Waals surface area contributed by atoms with Gasteiger partial charge in [0.25, 0.3) is 11.5 Å². The second-order valence-electron chi connectivity index (χ2n) is 10.6. The number of hydrogen-bond donors (Lipinski definition) is 1. The number of methoxy groups -OCH3 is 2. The molecule has 1 aromatic heterocycles. The van der Waals surface area contributed by atoms with Gasteiger partial charge in [0, 0.05) is 5.69 Å². The van der Waals surface area contributed by atoms with Crippen LogP contribution in [0.25, 0.3) is 6.08 Å². The minimum Gasteiger partial charge on any atom is -0.497 e. The van der Waals surface area contributed by atoms with Crippen molar-refractivity contribution in [2.75, 3.05) is 19.5 Å². The van der Waals surface area contributed by atoms with E-state index in [0.29, 0.717) is 53.6 Å². The summed E-state index contributed by atoms with van der Waals surface area (Å²) in [5, 5.41) is 3.89. The normalized spacial score (nSPS) is 14.3. The lowest BCUT2D eigenvalue weighted by atomic mass is 9.95. The topological polar surface area (TPSA) is 91.2 Å². The van der Waals surface area contributed by atoms with Gasteiger partial charge in [-0.1, -0.05) is 77.0 Å². The third-order valence-corrected chi connectivity index (χ3v) is 9.29. The summed E-state index contributed by atoms with van der Waals surface area (Å²) in [6.07, 6.45) is 1.78. The van der Waals surface area contributed by atoms with Crippen LogP contribution in [0.3, 0.4) is 0 Å². The van der Waals surface area contributed by atoms with Crippen molar-refractivity contribution in [3.05, 3.63) is 149 Å². The van der Waals surface area contributed by atoms with Gasteiger partial charge in [0.1, 0.15) is 12.4 Å². The molecule has 238 valence electrons. The molecule has 0 aliphatic carbocycles. The number of thiazole rings is 1. The van der Waals surface area contributed by atoms with Gasteiger partial charge in [-0.3, -0.25) is 14.2 Å². The number of ether oxygens (including phenoxy) is 3. The van der Waals surface area contributed by atoms with E-state index in [9.17, 15) is 9.59 Å². The fourth-order valence-corrected chi connectivity index (χ4v) is 6.66. The number of para-hydroxylation sites is 1. The monoisotopic (exact) mass is 685 g/mol. The van der Waals surface area contributed by atoms with Crippen molar-refractivity contribution in [2.24, 2.45) is 4.99 Å². The predicted octanol–water partition coefficient (Wildman–Crippen LogP) is 6.78. The molecule has 5 aromatic rings. The zero-order chi connectivity index (χ0) is 33.1. The van der Waals surface area contributed by atoms with Crippen molar-refractivity contribution in [1.29, 1.82) is 0 Å². The number of halogens is 2. The summed E-state index contributed by atoms with van der Waals surface area (Å²) in [7, 11) is 3.13. The van der Waals surface area contributed by atoms with Crippen LogP contribution in [0.4, 0.5) is 5.69 Å². The molecule has 0 spiro atoms. The molecule has 0 saturated carbocycles. The summed E-state index contributed by atoms with van der Waals surface area (Å²) < 4.78 is 19.1. The lowest BCUT2D eigenvalue weighted by molar-refractivity contribution is -0.113. The molecule has 6 rings (SSSR count). The number of allylic oxidation sites excluding steroid dienone is 1. The number of carbonyl (C=O) groups excluding carboxylic acids is 1. The van der Waals surface area contributed by atoms with Crippen LogP contribution in [0.15, 0.2) is 112 Å². The van der Waals surface area contributed by atoms with E-state index in [2.05, 4.69) is 5.32 Å². The van der Waals surface area contributed by atoms with E-state index in [1.54, 1.807) is 68.2 Å². The molecular formula is C36H29Cl2N3O5S. The fourth-order valence-electron chi connectivity index (χ4n) is 5.29. The SMILES string of the molecule is COc1cccc([C@H]2C(C(=O)Nc3ccccc3)=C(C)N=c3s/c(=C\c4ccc(OCc5ccc(Cl)c(Cl)c5)c(OC)c4)c(=O)n32)c1. The quantitative estimate of drug-likeness (QED) is 0.185. The highest BCUT2D eigenvalue weighted by atomic mass is 35.5. The third kappa shape index (κ3) is 6.83. The number of nitrogens with one attached hydrogen (secondary N) is 1. The highest BCUT2D eigenvalue weighted by Gasteiger charge is 2.32. The molecule has 0 radical (unpaired) electrons. The summed E-state index contributed by atoms with van der Waals surface area (Å²) in [4.78, 5) is 33.1. The number of carbonyl (C=O) groups is 1. The van der Waals surface area contributed by atoms with Crippen LogP contribution >= 0.6 is 34.5 Å². The van der Waals surface area contributed by atoms with Gasteiger partial charge in [0.05, 0.1) is 46.1 Å². The van der Waals surface area contributed by atoms with Gasteiger partial charge >= 0.3 is 0 Å². The van der Waals surface area contributed by atoms with Crippen molar-refractivity contribution in [2.45, 2.75) is 19.6 Å². The Bertz CT molecular complexity index is 2190. The number of aromatic nitrogens is 1. The molecule has 0 unspecified atom stereocenters. The maximum atomic E-state index is 14.1. The highest BCUT2D eigenvalue weighted by Crippen LogP contribution is 2.33. The van der Waals surface area contributed by atoms with Crippen LogP contribution in [0.5, 0.6) is 17.2 Å². The summed E-state index contributed by atoms with van der Waals surface area (Å²) in [5.41, 5.74) is 3.54. The molecule has 47 heavy (non-hydrogen) atoms. The van der Waals surface area contributed by atoms with Gasteiger partial charge in [0.15, 0.2) is 16.3 Å². The lowest BCUT2D eigenvalue weighted by Crippen LogP contribution is -2.40. The van der Waals surface area contributed by atoms with Gasteiger partial charge in [0.2, 0.25) is 0 Å². The van der Waals surface area contributed by atoms with Crippen LogP contribution in [0, 0.1) is 0 Å². The van der Waals surface area contributed by atoms with Crippen LogP contribution in [0.2, 0.25) is 10.0 Å². The van der Waals surface area contributed by atoms with Crippen molar-refractivity contribution in [1.82, 2.24) is 4.57 Å². The van der Waals surface area contributed by atoms with Crippen LogP contribution in [-0.2, 0) is 11.4 Å². The van der Waals surface area contributed by atoms with Gasteiger partial charge < -0.3 is 19.5 Å².